The molecule has 1 aliphatic heterocycles. The largest absolute Gasteiger partial charge is 0.383 e. The van der Waals surface area contributed by atoms with Crippen molar-refractivity contribution >= 4 is 38.9 Å². The van der Waals surface area contributed by atoms with Crippen LogP contribution in [0.2, 0.25) is 0 Å². The molecule has 0 spiro atoms. The van der Waals surface area contributed by atoms with Crippen LogP contribution in [0.15, 0.2) is 33.5 Å². The van der Waals surface area contributed by atoms with Crippen LogP contribution in [-0.2, 0) is 4.74 Å². The molecule has 3 aromatic rings. The summed E-state index contributed by atoms with van der Waals surface area (Å²) in [7, 11) is 0. The minimum atomic E-state index is -0.227. The molecule has 0 unspecified atom stereocenters. The van der Waals surface area contributed by atoms with Gasteiger partial charge in [-0.15, -0.1) is 11.3 Å². The van der Waals surface area contributed by atoms with Crippen molar-refractivity contribution in [2.45, 2.75) is 13.8 Å². The van der Waals surface area contributed by atoms with Crippen LogP contribution in [-0.4, -0.2) is 42.1 Å². The van der Waals surface area contributed by atoms with E-state index in [9.17, 15) is 4.79 Å². The Morgan fingerprint density at radius 1 is 1.37 bits per heavy atom. The summed E-state index contributed by atoms with van der Waals surface area (Å²) < 4.78 is 6.40. The van der Waals surface area contributed by atoms with Gasteiger partial charge in [0.25, 0.3) is 5.56 Å². The minimum absolute atomic E-state index is 0.202. The van der Waals surface area contributed by atoms with Crippen molar-refractivity contribution in [1.82, 2.24) is 9.97 Å². The number of hydrogen-bond acceptors (Lipinski definition) is 6. The molecule has 0 bridgehead atoms. The zero-order chi connectivity index (χ0) is 19.0. The molecular formula is C19H21N5O2S. The van der Waals surface area contributed by atoms with Gasteiger partial charge >= 0.3 is 0 Å². The molecule has 8 heteroatoms. The Kier molecular flexibility index (Phi) is 4.67. The highest BCUT2D eigenvalue weighted by Gasteiger charge is 2.16. The molecule has 27 heavy (non-hydrogen) atoms. The fraction of sp³-hybridized carbons (Fsp3) is 0.316. The molecule has 0 radical (unpaired) electrons. The van der Waals surface area contributed by atoms with Crippen LogP contribution in [0.1, 0.15) is 16.7 Å². The second-order valence-corrected chi connectivity index (χ2v) is 7.46. The van der Waals surface area contributed by atoms with Crippen molar-refractivity contribution in [3.63, 3.8) is 0 Å². The quantitative estimate of drug-likeness (QED) is 0.535. The van der Waals surface area contributed by atoms with Crippen LogP contribution in [0.4, 0.5) is 11.5 Å². The maximum atomic E-state index is 12.5. The molecule has 140 valence electrons. The first-order valence-electron chi connectivity index (χ1n) is 8.78. The van der Waals surface area contributed by atoms with E-state index in [0.717, 1.165) is 40.3 Å². The number of amidine groups is 1. The van der Waals surface area contributed by atoms with E-state index < -0.39 is 0 Å². The number of nitrogens with zero attached hydrogens (tertiary/aromatic N) is 3. The number of aliphatic imine (C=N–C) groups is 1. The van der Waals surface area contributed by atoms with Gasteiger partial charge in [-0.25, -0.2) is 9.98 Å². The zero-order valence-electron chi connectivity index (χ0n) is 15.3. The van der Waals surface area contributed by atoms with E-state index in [1.54, 1.807) is 17.5 Å². The number of aryl methyl sites for hydroxylation is 2. The average molecular weight is 383 g/mol. The molecule has 1 fully saturated rings. The Morgan fingerprint density at radius 3 is 2.89 bits per heavy atom. The number of aromatic nitrogens is 2. The Morgan fingerprint density at radius 2 is 2.15 bits per heavy atom. The number of anilines is 1. The van der Waals surface area contributed by atoms with Crippen LogP contribution in [0.3, 0.4) is 0 Å². The van der Waals surface area contributed by atoms with E-state index >= 15 is 0 Å². The van der Waals surface area contributed by atoms with Crippen molar-refractivity contribution < 1.29 is 4.74 Å². The van der Waals surface area contributed by atoms with Gasteiger partial charge in [-0.2, -0.15) is 0 Å². The first-order chi connectivity index (χ1) is 13.0. The highest BCUT2D eigenvalue weighted by atomic mass is 32.1. The summed E-state index contributed by atoms with van der Waals surface area (Å²) in [5, 5.41) is 1.95. The maximum Gasteiger partial charge on any atom is 0.259 e. The summed E-state index contributed by atoms with van der Waals surface area (Å²) in [6, 6.07) is 3.89. The molecule has 3 aromatic heterocycles. The van der Waals surface area contributed by atoms with Crippen LogP contribution in [0.25, 0.3) is 10.2 Å². The Hall–Kier alpha value is -2.71. The van der Waals surface area contributed by atoms with Crippen LogP contribution < -0.4 is 16.2 Å². The second-order valence-electron chi connectivity index (χ2n) is 6.54. The van der Waals surface area contributed by atoms with E-state index in [0.29, 0.717) is 24.5 Å². The number of morpholine rings is 1. The van der Waals surface area contributed by atoms with E-state index in [1.807, 2.05) is 31.4 Å². The van der Waals surface area contributed by atoms with Crippen molar-refractivity contribution in [3.05, 3.63) is 50.8 Å². The standard InChI is InChI=1S/C19H21N5O2S/c1-11-9-15(24-4-6-26-7-5-24)21-10-14(11)22-18(20)16-12(2)17-13(3-8-27-17)23-19(16)25/h3,8-10H,4-7H2,1-2H3,(H2,20,22)(H,23,25). The summed E-state index contributed by atoms with van der Waals surface area (Å²) >= 11 is 1.57. The second kappa shape index (κ2) is 7.13. The number of ether oxygens (including phenoxy) is 1. The number of hydrogen-bond donors (Lipinski definition) is 2. The number of thiophene rings is 1. The predicted octanol–water partition coefficient (Wildman–Crippen LogP) is 2.48. The number of pyridine rings is 2. The van der Waals surface area contributed by atoms with Gasteiger partial charge in [0.15, 0.2) is 0 Å². The molecular weight excluding hydrogens is 362 g/mol. The van der Waals surface area contributed by atoms with E-state index in [4.69, 9.17) is 10.5 Å². The molecule has 0 saturated carbocycles. The molecule has 0 aromatic carbocycles. The number of rotatable bonds is 3. The molecule has 4 heterocycles. The normalized spacial score (nSPS) is 15.5. The van der Waals surface area contributed by atoms with Crippen LogP contribution >= 0.6 is 11.3 Å². The summed E-state index contributed by atoms with van der Waals surface area (Å²) in [4.78, 5) is 26.6. The summed E-state index contributed by atoms with van der Waals surface area (Å²) in [5.74, 6) is 1.11. The molecule has 4 rings (SSSR count). The monoisotopic (exact) mass is 383 g/mol. The smallest absolute Gasteiger partial charge is 0.259 e. The Labute approximate surface area is 160 Å². The highest BCUT2D eigenvalue weighted by molar-refractivity contribution is 7.17. The fourth-order valence-electron chi connectivity index (χ4n) is 3.28. The van der Waals surface area contributed by atoms with Crippen molar-refractivity contribution in [1.29, 1.82) is 0 Å². The zero-order valence-corrected chi connectivity index (χ0v) is 16.1. The van der Waals surface area contributed by atoms with Gasteiger partial charge in [-0.3, -0.25) is 4.79 Å². The third-order valence-electron chi connectivity index (χ3n) is 4.76. The summed E-state index contributed by atoms with van der Waals surface area (Å²) in [5.41, 5.74) is 9.70. The van der Waals surface area contributed by atoms with Crippen molar-refractivity contribution in [2.75, 3.05) is 31.2 Å². The lowest BCUT2D eigenvalue weighted by atomic mass is 10.1. The lowest BCUT2D eigenvalue weighted by Gasteiger charge is -2.28. The lowest BCUT2D eigenvalue weighted by molar-refractivity contribution is 0.122. The first kappa shape index (κ1) is 17.7. The minimum Gasteiger partial charge on any atom is -0.383 e. The number of H-pyrrole nitrogens is 1. The van der Waals surface area contributed by atoms with Gasteiger partial charge in [0.05, 0.1) is 40.9 Å². The number of fused-ring (bicyclic) bond motifs is 1. The summed E-state index contributed by atoms with van der Waals surface area (Å²) in [6.45, 7) is 6.94. The summed E-state index contributed by atoms with van der Waals surface area (Å²) in [6.07, 6.45) is 1.71. The van der Waals surface area contributed by atoms with Gasteiger partial charge in [0.2, 0.25) is 0 Å². The topological polar surface area (TPSA) is 96.6 Å². The van der Waals surface area contributed by atoms with Gasteiger partial charge in [-0.1, -0.05) is 0 Å². The Balaban J connectivity index is 1.70. The molecule has 0 aliphatic carbocycles. The molecule has 1 aliphatic rings. The van der Waals surface area contributed by atoms with Crippen LogP contribution in [0.5, 0.6) is 0 Å². The molecule has 3 N–H and O–H groups in total. The lowest BCUT2D eigenvalue weighted by Crippen LogP contribution is -2.36. The predicted molar refractivity (Wildman–Crippen MR) is 110 cm³/mol. The van der Waals surface area contributed by atoms with E-state index in [-0.39, 0.29) is 11.4 Å². The number of aromatic amines is 1. The van der Waals surface area contributed by atoms with Crippen LogP contribution in [0, 0.1) is 13.8 Å². The Bertz CT molecular complexity index is 1080. The molecule has 0 amide bonds. The fourth-order valence-corrected chi connectivity index (χ4v) is 4.14. The molecule has 0 atom stereocenters. The van der Waals surface area contributed by atoms with Gasteiger partial charge in [0, 0.05) is 13.1 Å². The third kappa shape index (κ3) is 3.33. The SMILES string of the molecule is Cc1cc(N2CCOCC2)ncc1N=C(N)c1c(C)c2sccc2[nH]c1=O. The van der Waals surface area contributed by atoms with Gasteiger partial charge in [-0.05, 0) is 42.5 Å². The molecule has 7 nitrogen and oxygen atoms in total. The van der Waals surface area contributed by atoms with E-state index in [2.05, 4.69) is 19.9 Å². The van der Waals surface area contributed by atoms with E-state index in [1.165, 1.54) is 0 Å². The number of nitrogens with two attached hydrogens (primary N) is 1. The first-order valence-corrected chi connectivity index (χ1v) is 9.66. The van der Waals surface area contributed by atoms with Crippen molar-refractivity contribution in [3.8, 4) is 0 Å². The van der Waals surface area contributed by atoms with Gasteiger partial charge in [0.1, 0.15) is 11.7 Å². The number of nitrogens with one attached hydrogen (secondary N) is 1. The maximum absolute atomic E-state index is 12.5. The highest BCUT2D eigenvalue weighted by Crippen LogP contribution is 2.25. The van der Waals surface area contributed by atoms with Gasteiger partial charge < -0.3 is 20.4 Å². The third-order valence-corrected chi connectivity index (χ3v) is 5.79. The van der Waals surface area contributed by atoms with Crippen molar-refractivity contribution in [2.24, 2.45) is 10.7 Å². The molecule has 1 saturated heterocycles. The average Bonchev–Trinajstić information content (AvgIpc) is 3.13.